The monoisotopic (exact) mass is 380 g/mol. The Morgan fingerprint density at radius 2 is 1.82 bits per heavy atom. The number of aromatic nitrogens is 2. The number of benzene rings is 1. The van der Waals surface area contributed by atoms with Crippen LogP contribution in [0.5, 0.6) is 0 Å². The molecule has 0 atom stereocenters. The van der Waals surface area contributed by atoms with Crippen LogP contribution in [0.1, 0.15) is 34.6 Å². The van der Waals surface area contributed by atoms with Crippen LogP contribution in [0.15, 0.2) is 30.3 Å². The van der Waals surface area contributed by atoms with Gasteiger partial charge in [-0.3, -0.25) is 4.79 Å². The van der Waals surface area contributed by atoms with Gasteiger partial charge in [0.1, 0.15) is 5.69 Å². The van der Waals surface area contributed by atoms with Crippen LogP contribution in [0, 0.1) is 6.92 Å². The van der Waals surface area contributed by atoms with Crippen LogP contribution in [0.4, 0.5) is 11.6 Å². The minimum atomic E-state index is -0.483. The van der Waals surface area contributed by atoms with E-state index >= 15 is 0 Å². The van der Waals surface area contributed by atoms with Gasteiger partial charge < -0.3 is 19.3 Å². The van der Waals surface area contributed by atoms with Gasteiger partial charge in [0.15, 0.2) is 5.79 Å². The zero-order valence-electron chi connectivity index (χ0n) is 16.1. The number of piperidine rings is 1. The van der Waals surface area contributed by atoms with Crippen molar-refractivity contribution in [1.29, 1.82) is 0 Å². The van der Waals surface area contributed by atoms with Crippen molar-refractivity contribution in [3.05, 3.63) is 47.3 Å². The number of hydrogen-bond acceptors (Lipinski definition) is 6. The molecule has 3 aliphatic rings. The molecule has 1 aromatic heterocycles. The lowest BCUT2D eigenvalue weighted by Gasteiger charge is -2.37. The minimum Gasteiger partial charge on any atom is -0.347 e. The molecule has 1 amide bonds. The van der Waals surface area contributed by atoms with Crippen molar-refractivity contribution < 1.29 is 14.3 Å². The Hall–Kier alpha value is -2.51. The molecule has 2 aromatic rings. The molecule has 4 heterocycles. The lowest BCUT2D eigenvalue weighted by molar-refractivity contribution is -0.181. The highest BCUT2D eigenvalue weighted by molar-refractivity contribution is 5.93. The summed E-state index contributed by atoms with van der Waals surface area (Å²) in [6, 6.07) is 10.1. The van der Waals surface area contributed by atoms with Gasteiger partial charge in [-0.25, -0.2) is 9.97 Å². The molecule has 0 unspecified atom stereocenters. The Morgan fingerprint density at radius 3 is 2.61 bits per heavy atom. The maximum absolute atomic E-state index is 13.1. The summed E-state index contributed by atoms with van der Waals surface area (Å²) in [7, 11) is 0. The number of para-hydroxylation sites is 1. The molecule has 1 aromatic carbocycles. The van der Waals surface area contributed by atoms with Gasteiger partial charge in [-0.05, 0) is 31.0 Å². The Balaban J connectivity index is 1.37. The number of ether oxygens (including phenoxy) is 2. The van der Waals surface area contributed by atoms with Crippen molar-refractivity contribution >= 4 is 17.5 Å². The lowest BCUT2D eigenvalue weighted by atomic mass is 10.0. The maximum Gasteiger partial charge on any atom is 0.272 e. The highest BCUT2D eigenvalue weighted by atomic mass is 16.7. The molecule has 5 rings (SSSR count). The summed E-state index contributed by atoms with van der Waals surface area (Å²) in [4.78, 5) is 26.3. The number of carbonyl (C=O) groups is 1. The van der Waals surface area contributed by atoms with Crippen LogP contribution < -0.4 is 4.90 Å². The second-order valence-electron chi connectivity index (χ2n) is 7.62. The number of nitrogens with zero attached hydrogens (tertiary/aromatic N) is 4. The van der Waals surface area contributed by atoms with E-state index in [1.807, 2.05) is 17.9 Å². The van der Waals surface area contributed by atoms with Crippen molar-refractivity contribution in [2.75, 3.05) is 37.7 Å². The molecule has 1 spiro atoms. The summed E-state index contributed by atoms with van der Waals surface area (Å²) in [5.74, 6) is 0.0688. The number of likely N-dealkylation sites (tertiary alicyclic amines) is 1. The number of carbonyl (C=O) groups excluding carboxylic acids is 1. The highest BCUT2D eigenvalue weighted by Gasteiger charge is 2.41. The number of fused-ring (bicyclic) bond motifs is 1. The second kappa shape index (κ2) is 6.83. The van der Waals surface area contributed by atoms with Gasteiger partial charge >= 0.3 is 0 Å². The van der Waals surface area contributed by atoms with E-state index in [2.05, 4.69) is 33.1 Å². The van der Waals surface area contributed by atoms with Gasteiger partial charge in [0.25, 0.3) is 5.91 Å². The zero-order chi connectivity index (χ0) is 19.1. The van der Waals surface area contributed by atoms with Gasteiger partial charge in [0, 0.05) is 43.9 Å². The van der Waals surface area contributed by atoms with E-state index in [-0.39, 0.29) is 5.91 Å². The molecular weight excluding hydrogens is 356 g/mol. The molecule has 0 saturated carbocycles. The normalized spacial score (nSPS) is 20.6. The summed E-state index contributed by atoms with van der Waals surface area (Å²) in [6.45, 7) is 5.25. The minimum absolute atomic E-state index is 0.0490. The van der Waals surface area contributed by atoms with Crippen molar-refractivity contribution in [1.82, 2.24) is 14.9 Å². The molecule has 0 radical (unpaired) electrons. The van der Waals surface area contributed by atoms with Crippen LogP contribution in [0.25, 0.3) is 0 Å². The first kappa shape index (κ1) is 17.6. The van der Waals surface area contributed by atoms with Crippen molar-refractivity contribution in [2.45, 2.75) is 32.0 Å². The molecule has 28 heavy (non-hydrogen) atoms. The summed E-state index contributed by atoms with van der Waals surface area (Å²) < 4.78 is 11.5. The van der Waals surface area contributed by atoms with Gasteiger partial charge in [0.05, 0.1) is 13.2 Å². The molecule has 0 aliphatic carbocycles. The number of hydrogen-bond donors (Lipinski definition) is 0. The quantitative estimate of drug-likeness (QED) is 0.797. The third-order valence-electron chi connectivity index (χ3n) is 5.82. The average Bonchev–Trinajstić information content (AvgIpc) is 3.35. The molecule has 146 valence electrons. The number of aryl methyl sites for hydroxylation is 1. The van der Waals surface area contributed by atoms with Crippen molar-refractivity contribution in [2.24, 2.45) is 0 Å². The lowest BCUT2D eigenvalue weighted by Crippen LogP contribution is -2.47. The summed E-state index contributed by atoms with van der Waals surface area (Å²) in [6.07, 6.45) is 2.37. The Kier molecular flexibility index (Phi) is 4.29. The van der Waals surface area contributed by atoms with Crippen molar-refractivity contribution in [3.8, 4) is 0 Å². The van der Waals surface area contributed by atoms with Crippen LogP contribution >= 0.6 is 0 Å². The van der Waals surface area contributed by atoms with Gasteiger partial charge in [-0.1, -0.05) is 18.2 Å². The third kappa shape index (κ3) is 3.04. The van der Waals surface area contributed by atoms with E-state index < -0.39 is 5.79 Å². The van der Waals surface area contributed by atoms with E-state index in [0.29, 0.717) is 50.8 Å². The smallest absolute Gasteiger partial charge is 0.272 e. The molecule has 2 saturated heterocycles. The first-order valence-electron chi connectivity index (χ1n) is 9.92. The predicted octanol–water partition coefficient (Wildman–Crippen LogP) is 2.46. The van der Waals surface area contributed by atoms with Crippen LogP contribution in [-0.4, -0.2) is 59.4 Å². The van der Waals surface area contributed by atoms with Gasteiger partial charge in [-0.2, -0.15) is 0 Å². The fourth-order valence-electron chi connectivity index (χ4n) is 4.33. The van der Waals surface area contributed by atoms with E-state index in [9.17, 15) is 4.79 Å². The number of anilines is 2. The molecule has 3 aliphatic heterocycles. The Morgan fingerprint density at radius 1 is 1.07 bits per heavy atom. The van der Waals surface area contributed by atoms with E-state index in [4.69, 9.17) is 9.47 Å². The molecule has 0 N–H and O–H groups in total. The third-order valence-corrected chi connectivity index (χ3v) is 5.82. The molecule has 7 nitrogen and oxygen atoms in total. The summed E-state index contributed by atoms with van der Waals surface area (Å²) >= 11 is 0. The predicted molar refractivity (Wildman–Crippen MR) is 104 cm³/mol. The number of amides is 1. The highest BCUT2D eigenvalue weighted by Crippen LogP contribution is 2.34. The Labute approximate surface area is 164 Å². The van der Waals surface area contributed by atoms with Crippen molar-refractivity contribution in [3.63, 3.8) is 0 Å². The fraction of sp³-hybridized carbons (Fsp3) is 0.476. The van der Waals surface area contributed by atoms with Crippen LogP contribution in [0.2, 0.25) is 0 Å². The zero-order valence-corrected chi connectivity index (χ0v) is 16.1. The maximum atomic E-state index is 13.1. The largest absolute Gasteiger partial charge is 0.347 e. The van der Waals surface area contributed by atoms with E-state index in [1.165, 1.54) is 5.56 Å². The van der Waals surface area contributed by atoms with E-state index in [0.717, 1.165) is 24.3 Å². The van der Waals surface area contributed by atoms with E-state index in [1.54, 1.807) is 6.07 Å². The number of rotatable bonds is 2. The fourth-order valence-corrected chi connectivity index (χ4v) is 4.33. The molecule has 7 heteroatoms. The summed E-state index contributed by atoms with van der Waals surface area (Å²) in [5.41, 5.74) is 3.67. The first-order valence-corrected chi connectivity index (χ1v) is 9.92. The Bertz CT molecular complexity index is 900. The molecular formula is C21H24N4O3. The first-order chi connectivity index (χ1) is 13.6. The summed E-state index contributed by atoms with van der Waals surface area (Å²) in [5, 5.41) is 0. The van der Waals surface area contributed by atoms with Crippen LogP contribution in [0.3, 0.4) is 0 Å². The van der Waals surface area contributed by atoms with Crippen LogP contribution in [-0.2, 0) is 15.9 Å². The second-order valence-corrected chi connectivity index (χ2v) is 7.62. The average molecular weight is 380 g/mol. The topological polar surface area (TPSA) is 67.8 Å². The SMILES string of the molecule is Cc1cc(C(=O)N2CCC3(CC2)OCCO3)nc(N2CCc3ccccc32)n1. The van der Waals surface area contributed by atoms with Gasteiger partial charge in [-0.15, -0.1) is 0 Å². The van der Waals surface area contributed by atoms with Gasteiger partial charge in [0.2, 0.25) is 5.95 Å². The molecule has 0 bridgehead atoms. The standard InChI is InChI=1S/C21H24N4O3/c1-15-14-17(19(26)24-10-7-21(8-11-24)27-12-13-28-21)23-20(22-15)25-9-6-16-4-2-3-5-18(16)25/h2-5,14H,6-13H2,1H3. The molecule has 2 fully saturated rings.